The number of aliphatic hydroxyl groups is 1. The van der Waals surface area contributed by atoms with Gasteiger partial charge in [0.1, 0.15) is 0 Å². The number of carbonyl (C=O) groups is 1. The van der Waals surface area contributed by atoms with E-state index in [1.165, 1.54) is 5.56 Å². The molecule has 1 aliphatic rings. The van der Waals surface area contributed by atoms with E-state index in [1.807, 2.05) is 30.4 Å². The summed E-state index contributed by atoms with van der Waals surface area (Å²) in [6.45, 7) is 0.164. The number of aryl methyl sites for hydroxylation is 1. The number of rotatable bonds is 6. The molecule has 0 fully saturated rings. The van der Waals surface area contributed by atoms with E-state index in [2.05, 4.69) is 17.4 Å². The first-order valence-electron chi connectivity index (χ1n) is 6.90. The average Bonchev–Trinajstić information content (AvgIpc) is 2.87. The van der Waals surface area contributed by atoms with Crippen molar-refractivity contribution in [1.82, 2.24) is 5.32 Å². The Morgan fingerprint density at radius 2 is 2.05 bits per heavy atom. The highest BCUT2D eigenvalue weighted by Crippen LogP contribution is 2.17. The molecule has 2 N–H and O–H groups in total. The smallest absolute Gasteiger partial charge is 0.220 e. The number of hydrogen-bond donors (Lipinski definition) is 2. The highest BCUT2D eigenvalue weighted by molar-refractivity contribution is 5.76. The van der Waals surface area contributed by atoms with Crippen LogP contribution in [0.5, 0.6) is 0 Å². The van der Waals surface area contributed by atoms with Gasteiger partial charge in [-0.1, -0.05) is 42.5 Å². The lowest BCUT2D eigenvalue weighted by atomic mass is 10.1. The first-order chi connectivity index (χ1) is 9.28. The highest BCUT2D eigenvalue weighted by atomic mass is 16.3. The number of carbonyl (C=O) groups excluding carboxylic acids is 1. The van der Waals surface area contributed by atoms with Crippen LogP contribution in [0, 0.1) is 5.92 Å². The Kier molecular flexibility index (Phi) is 5.16. The Bertz CT molecular complexity index is 428. The van der Waals surface area contributed by atoms with Gasteiger partial charge < -0.3 is 10.4 Å². The summed E-state index contributed by atoms with van der Waals surface area (Å²) in [6, 6.07) is 10.3. The van der Waals surface area contributed by atoms with E-state index in [9.17, 15) is 4.79 Å². The molecule has 2 atom stereocenters. The Hall–Kier alpha value is -1.61. The molecule has 19 heavy (non-hydrogen) atoms. The van der Waals surface area contributed by atoms with Crippen molar-refractivity contribution in [3.05, 3.63) is 48.0 Å². The summed E-state index contributed by atoms with van der Waals surface area (Å²) in [7, 11) is 0. The van der Waals surface area contributed by atoms with E-state index in [1.54, 1.807) is 0 Å². The molecule has 0 heterocycles. The molecule has 3 heteroatoms. The summed E-state index contributed by atoms with van der Waals surface area (Å²) >= 11 is 0. The largest absolute Gasteiger partial charge is 0.396 e. The molecule has 1 aromatic rings. The van der Waals surface area contributed by atoms with E-state index < -0.39 is 0 Å². The number of hydrogen-bond acceptors (Lipinski definition) is 2. The van der Waals surface area contributed by atoms with Gasteiger partial charge in [0.15, 0.2) is 0 Å². The van der Waals surface area contributed by atoms with Gasteiger partial charge in [-0.25, -0.2) is 0 Å². The molecule has 0 saturated carbocycles. The first kappa shape index (κ1) is 13.8. The fourth-order valence-electron chi connectivity index (χ4n) is 2.39. The molecule has 0 spiro atoms. The minimum absolute atomic E-state index is 0.0985. The minimum atomic E-state index is 0.0985. The van der Waals surface area contributed by atoms with Crippen molar-refractivity contribution < 1.29 is 9.90 Å². The Balaban J connectivity index is 1.64. The van der Waals surface area contributed by atoms with Crippen molar-refractivity contribution in [2.24, 2.45) is 5.92 Å². The molecule has 1 amide bonds. The van der Waals surface area contributed by atoms with E-state index in [0.717, 1.165) is 19.3 Å². The summed E-state index contributed by atoms with van der Waals surface area (Å²) in [5.41, 5.74) is 1.27. The second-order valence-corrected chi connectivity index (χ2v) is 5.08. The lowest BCUT2D eigenvalue weighted by Gasteiger charge is -2.12. The van der Waals surface area contributed by atoms with Crippen LogP contribution < -0.4 is 5.32 Å². The van der Waals surface area contributed by atoms with E-state index >= 15 is 0 Å². The second kappa shape index (κ2) is 7.10. The number of amides is 1. The van der Waals surface area contributed by atoms with Crippen molar-refractivity contribution in [3.8, 4) is 0 Å². The van der Waals surface area contributed by atoms with E-state index in [0.29, 0.717) is 6.42 Å². The van der Waals surface area contributed by atoms with Crippen molar-refractivity contribution in [2.45, 2.75) is 31.7 Å². The Morgan fingerprint density at radius 1 is 1.26 bits per heavy atom. The second-order valence-electron chi connectivity index (χ2n) is 5.08. The van der Waals surface area contributed by atoms with Crippen molar-refractivity contribution in [1.29, 1.82) is 0 Å². The van der Waals surface area contributed by atoms with Crippen molar-refractivity contribution in [2.75, 3.05) is 6.61 Å². The maximum atomic E-state index is 11.8. The molecular formula is C16H21NO2. The monoisotopic (exact) mass is 259 g/mol. The Morgan fingerprint density at radius 3 is 2.74 bits per heavy atom. The molecular weight excluding hydrogens is 238 g/mol. The number of aliphatic hydroxyl groups excluding tert-OH is 1. The van der Waals surface area contributed by atoms with Gasteiger partial charge in [0.2, 0.25) is 5.91 Å². The van der Waals surface area contributed by atoms with E-state index in [-0.39, 0.29) is 24.5 Å². The predicted octanol–water partition coefficient (Wildman–Crippen LogP) is 2.06. The van der Waals surface area contributed by atoms with Crippen molar-refractivity contribution >= 4 is 5.91 Å². The summed E-state index contributed by atoms with van der Waals surface area (Å²) in [5.74, 6) is 0.304. The fourth-order valence-corrected chi connectivity index (χ4v) is 2.39. The van der Waals surface area contributed by atoms with E-state index in [4.69, 9.17) is 5.11 Å². The topological polar surface area (TPSA) is 49.3 Å². The molecule has 0 aliphatic heterocycles. The zero-order valence-electron chi connectivity index (χ0n) is 11.1. The van der Waals surface area contributed by atoms with Gasteiger partial charge in [0.25, 0.3) is 0 Å². The molecule has 3 nitrogen and oxygen atoms in total. The summed E-state index contributed by atoms with van der Waals surface area (Å²) in [4.78, 5) is 11.8. The zero-order valence-corrected chi connectivity index (χ0v) is 11.1. The van der Waals surface area contributed by atoms with Crippen molar-refractivity contribution in [3.63, 3.8) is 0 Å². The quantitative estimate of drug-likeness (QED) is 0.768. The number of nitrogens with one attached hydrogen (secondary N) is 1. The molecule has 0 saturated heterocycles. The zero-order chi connectivity index (χ0) is 13.5. The van der Waals surface area contributed by atoms with Gasteiger partial charge in [0.05, 0.1) is 0 Å². The van der Waals surface area contributed by atoms with Gasteiger partial charge in [-0.3, -0.25) is 4.79 Å². The molecule has 0 radical (unpaired) electrons. The summed E-state index contributed by atoms with van der Waals surface area (Å²) in [5, 5.41) is 12.0. The van der Waals surface area contributed by atoms with Crippen LogP contribution in [0.1, 0.15) is 24.8 Å². The molecule has 102 valence electrons. The average molecular weight is 259 g/mol. The molecule has 2 rings (SSSR count). The normalized spacial score (nSPS) is 21.5. The molecule has 0 unspecified atom stereocenters. The highest BCUT2D eigenvalue weighted by Gasteiger charge is 2.19. The first-order valence-corrected chi connectivity index (χ1v) is 6.90. The maximum absolute atomic E-state index is 11.8. The fraction of sp³-hybridized carbons (Fsp3) is 0.438. The summed E-state index contributed by atoms with van der Waals surface area (Å²) < 4.78 is 0. The van der Waals surface area contributed by atoms with Crippen LogP contribution in [0.25, 0.3) is 0 Å². The van der Waals surface area contributed by atoms with Crippen LogP contribution in [0.4, 0.5) is 0 Å². The molecule has 0 bridgehead atoms. The minimum Gasteiger partial charge on any atom is -0.396 e. The molecule has 1 aliphatic carbocycles. The van der Waals surface area contributed by atoms with Crippen LogP contribution in [-0.4, -0.2) is 23.7 Å². The lowest BCUT2D eigenvalue weighted by molar-refractivity contribution is -0.121. The molecule has 0 aromatic heterocycles. The van der Waals surface area contributed by atoms with Gasteiger partial charge in [-0.05, 0) is 24.8 Å². The predicted molar refractivity (Wildman–Crippen MR) is 75.6 cm³/mol. The van der Waals surface area contributed by atoms with Crippen LogP contribution in [-0.2, 0) is 11.2 Å². The van der Waals surface area contributed by atoms with Gasteiger partial charge in [0, 0.05) is 25.0 Å². The Labute approximate surface area is 114 Å². The van der Waals surface area contributed by atoms with Gasteiger partial charge >= 0.3 is 0 Å². The SMILES string of the molecule is O=C(CCCc1ccccc1)N[C@@H]1C=C[C@H](CO)C1. The summed E-state index contributed by atoms with van der Waals surface area (Å²) in [6.07, 6.45) is 7.15. The molecule has 1 aromatic carbocycles. The third-order valence-corrected chi connectivity index (χ3v) is 3.47. The third-order valence-electron chi connectivity index (χ3n) is 3.47. The van der Waals surface area contributed by atoms with Crippen LogP contribution in [0.3, 0.4) is 0 Å². The standard InChI is InChI=1S/C16H21NO2/c18-12-14-9-10-15(11-14)17-16(19)8-4-7-13-5-2-1-3-6-13/h1-3,5-6,9-10,14-15,18H,4,7-8,11-12H2,(H,17,19)/t14-,15+/m0/s1. The lowest BCUT2D eigenvalue weighted by Crippen LogP contribution is -2.32. The van der Waals surface area contributed by atoms with Gasteiger partial charge in [-0.2, -0.15) is 0 Å². The maximum Gasteiger partial charge on any atom is 0.220 e. The van der Waals surface area contributed by atoms with Gasteiger partial charge in [-0.15, -0.1) is 0 Å². The number of benzene rings is 1. The van der Waals surface area contributed by atoms with Crippen LogP contribution >= 0.6 is 0 Å². The third kappa shape index (κ3) is 4.52. The van der Waals surface area contributed by atoms with Crippen LogP contribution in [0.15, 0.2) is 42.5 Å². The van der Waals surface area contributed by atoms with Crippen LogP contribution in [0.2, 0.25) is 0 Å².